The summed E-state index contributed by atoms with van der Waals surface area (Å²) in [4.78, 5) is 20.9. The Kier molecular flexibility index (Phi) is 4.19. The second-order valence-electron chi connectivity index (χ2n) is 2.82. The average molecular weight is 286 g/mol. The number of benzene rings is 1. The van der Waals surface area contributed by atoms with Crippen LogP contribution in [0.25, 0.3) is 4.48 Å². The molecule has 0 aliphatic heterocycles. The lowest BCUT2D eigenvalue weighted by molar-refractivity contribution is -0.384. The first-order valence-corrected chi connectivity index (χ1v) is 5.04. The summed E-state index contributed by atoms with van der Waals surface area (Å²) in [5.74, 6) is -0.495. The Morgan fingerprint density at radius 2 is 2.00 bits per heavy atom. The van der Waals surface area contributed by atoms with Crippen molar-refractivity contribution in [2.24, 2.45) is 0 Å². The number of methoxy groups -OCH3 is 1. The number of nitro groups is 1. The van der Waals surface area contributed by atoms with Crippen LogP contribution in [0.3, 0.4) is 0 Å². The van der Waals surface area contributed by atoms with Gasteiger partial charge < -0.3 is 4.74 Å². The van der Waals surface area contributed by atoms with Crippen LogP contribution in [0, 0.1) is 10.1 Å². The van der Waals surface area contributed by atoms with E-state index in [2.05, 4.69) is 20.7 Å². The molecule has 0 atom stereocenters. The van der Waals surface area contributed by atoms with Crippen molar-refractivity contribution in [2.45, 2.75) is 0 Å². The molecule has 0 aliphatic rings. The molecule has 1 rings (SSSR count). The van der Waals surface area contributed by atoms with Crippen molar-refractivity contribution < 1.29 is 14.5 Å². The van der Waals surface area contributed by atoms with Crippen LogP contribution in [0.2, 0.25) is 0 Å². The standard InChI is InChI=1S/C10H8BrNO4/c1-16-10(13)6-9(11)7-2-4-8(5-3-7)12(14)15/h2-6H,1H3/b9-6-. The third-order valence-electron chi connectivity index (χ3n) is 1.80. The summed E-state index contributed by atoms with van der Waals surface area (Å²) in [7, 11) is 1.27. The number of hydrogen-bond donors (Lipinski definition) is 0. The van der Waals surface area contributed by atoms with E-state index in [1.54, 1.807) is 12.1 Å². The van der Waals surface area contributed by atoms with Gasteiger partial charge in [-0.25, -0.2) is 4.79 Å². The maximum atomic E-state index is 10.9. The fourth-order valence-electron chi connectivity index (χ4n) is 0.988. The SMILES string of the molecule is COC(=O)/C=C(\Br)c1ccc([N+](=O)[O-])cc1. The Hall–Kier alpha value is -1.69. The second kappa shape index (κ2) is 5.41. The summed E-state index contributed by atoms with van der Waals surface area (Å²) in [5.41, 5.74) is 0.665. The number of halogens is 1. The minimum Gasteiger partial charge on any atom is -0.466 e. The van der Waals surface area contributed by atoms with Crippen molar-refractivity contribution >= 4 is 32.1 Å². The third-order valence-corrected chi connectivity index (χ3v) is 2.49. The monoisotopic (exact) mass is 285 g/mol. The molecular formula is C10H8BrNO4. The molecule has 0 fully saturated rings. The van der Waals surface area contributed by atoms with Crippen LogP contribution < -0.4 is 0 Å². The Labute approximate surface area is 100.0 Å². The van der Waals surface area contributed by atoms with E-state index in [0.717, 1.165) is 0 Å². The topological polar surface area (TPSA) is 69.4 Å². The molecule has 0 N–H and O–H groups in total. The number of carbonyl (C=O) groups excluding carboxylic acids is 1. The van der Waals surface area contributed by atoms with Gasteiger partial charge in [0.1, 0.15) is 0 Å². The Bertz CT molecular complexity index is 439. The fraction of sp³-hybridized carbons (Fsp3) is 0.100. The summed E-state index contributed by atoms with van der Waals surface area (Å²) in [6, 6.07) is 5.81. The van der Waals surface area contributed by atoms with Gasteiger partial charge in [0.15, 0.2) is 0 Å². The van der Waals surface area contributed by atoms with Crippen molar-refractivity contribution in [3.8, 4) is 0 Å². The molecule has 1 aromatic carbocycles. The van der Waals surface area contributed by atoms with Gasteiger partial charge in [0.05, 0.1) is 12.0 Å². The van der Waals surface area contributed by atoms with E-state index in [9.17, 15) is 14.9 Å². The molecule has 0 radical (unpaired) electrons. The van der Waals surface area contributed by atoms with Gasteiger partial charge in [-0.3, -0.25) is 10.1 Å². The Balaban J connectivity index is 2.94. The lowest BCUT2D eigenvalue weighted by atomic mass is 10.2. The minimum atomic E-state index is -0.495. The predicted molar refractivity (Wildman–Crippen MR) is 62.0 cm³/mol. The number of ether oxygens (including phenoxy) is 1. The van der Waals surface area contributed by atoms with Crippen LogP contribution in [-0.4, -0.2) is 18.0 Å². The lowest BCUT2D eigenvalue weighted by Gasteiger charge is -1.99. The molecule has 1 aromatic rings. The zero-order valence-corrected chi connectivity index (χ0v) is 9.93. The molecule has 16 heavy (non-hydrogen) atoms. The van der Waals surface area contributed by atoms with Gasteiger partial charge in [0.25, 0.3) is 5.69 Å². The number of nitro benzene ring substituents is 1. The van der Waals surface area contributed by atoms with Gasteiger partial charge in [-0.05, 0) is 33.6 Å². The van der Waals surface area contributed by atoms with E-state index in [1.807, 2.05) is 0 Å². The van der Waals surface area contributed by atoms with Crippen LogP contribution in [0.4, 0.5) is 5.69 Å². The first-order chi connectivity index (χ1) is 7.54. The van der Waals surface area contributed by atoms with Crippen molar-refractivity contribution in [1.82, 2.24) is 0 Å². The highest BCUT2D eigenvalue weighted by Gasteiger charge is 2.06. The zero-order chi connectivity index (χ0) is 12.1. The highest BCUT2D eigenvalue weighted by Crippen LogP contribution is 2.23. The largest absolute Gasteiger partial charge is 0.466 e. The Morgan fingerprint density at radius 1 is 1.44 bits per heavy atom. The van der Waals surface area contributed by atoms with Crippen LogP contribution in [-0.2, 0) is 9.53 Å². The van der Waals surface area contributed by atoms with E-state index in [-0.39, 0.29) is 5.69 Å². The molecule has 0 spiro atoms. The summed E-state index contributed by atoms with van der Waals surface area (Å²) in [6.45, 7) is 0. The van der Waals surface area contributed by atoms with Crippen molar-refractivity contribution in [3.05, 3.63) is 46.0 Å². The molecule has 6 heteroatoms. The fourth-order valence-corrected chi connectivity index (χ4v) is 1.44. The number of non-ortho nitro benzene ring substituents is 1. The minimum absolute atomic E-state index is 0.00196. The number of carbonyl (C=O) groups is 1. The maximum absolute atomic E-state index is 10.9. The van der Waals surface area contributed by atoms with Crippen molar-refractivity contribution in [3.63, 3.8) is 0 Å². The summed E-state index contributed by atoms with van der Waals surface area (Å²) in [6.07, 6.45) is 1.25. The van der Waals surface area contributed by atoms with Gasteiger partial charge in [-0.15, -0.1) is 0 Å². The summed E-state index contributed by atoms with van der Waals surface area (Å²) in [5, 5.41) is 10.4. The summed E-state index contributed by atoms with van der Waals surface area (Å²) >= 11 is 3.18. The van der Waals surface area contributed by atoms with Gasteiger partial charge >= 0.3 is 5.97 Å². The highest BCUT2D eigenvalue weighted by molar-refractivity contribution is 9.15. The molecule has 0 saturated carbocycles. The van der Waals surface area contributed by atoms with Gasteiger partial charge in [0, 0.05) is 22.7 Å². The maximum Gasteiger partial charge on any atom is 0.331 e. The molecule has 0 unspecified atom stereocenters. The lowest BCUT2D eigenvalue weighted by Crippen LogP contribution is -1.95. The van der Waals surface area contributed by atoms with Crippen molar-refractivity contribution in [1.29, 1.82) is 0 Å². The van der Waals surface area contributed by atoms with E-state index < -0.39 is 10.9 Å². The predicted octanol–water partition coefficient (Wildman–Crippen LogP) is 2.50. The first-order valence-electron chi connectivity index (χ1n) is 4.24. The third kappa shape index (κ3) is 3.16. The average Bonchev–Trinajstić information content (AvgIpc) is 2.28. The van der Waals surface area contributed by atoms with Crippen LogP contribution >= 0.6 is 15.9 Å². The molecule has 0 heterocycles. The number of rotatable bonds is 3. The number of nitrogens with zero attached hydrogens (tertiary/aromatic N) is 1. The van der Waals surface area contributed by atoms with E-state index >= 15 is 0 Å². The van der Waals surface area contributed by atoms with E-state index in [0.29, 0.717) is 10.0 Å². The summed E-state index contributed by atoms with van der Waals surface area (Å²) < 4.78 is 4.96. The highest BCUT2D eigenvalue weighted by atomic mass is 79.9. The number of esters is 1. The first kappa shape index (κ1) is 12.4. The second-order valence-corrected chi connectivity index (χ2v) is 3.67. The number of hydrogen-bond acceptors (Lipinski definition) is 4. The molecule has 0 bridgehead atoms. The van der Waals surface area contributed by atoms with Crippen LogP contribution in [0.15, 0.2) is 30.3 Å². The molecule has 84 valence electrons. The van der Waals surface area contributed by atoms with E-state index in [4.69, 9.17) is 0 Å². The molecule has 5 nitrogen and oxygen atoms in total. The zero-order valence-electron chi connectivity index (χ0n) is 8.34. The van der Waals surface area contributed by atoms with Gasteiger partial charge in [-0.2, -0.15) is 0 Å². The molecular weight excluding hydrogens is 278 g/mol. The molecule has 0 aliphatic carbocycles. The smallest absolute Gasteiger partial charge is 0.331 e. The Morgan fingerprint density at radius 3 is 2.44 bits per heavy atom. The molecule has 0 amide bonds. The molecule has 0 saturated heterocycles. The van der Waals surface area contributed by atoms with Crippen molar-refractivity contribution in [2.75, 3.05) is 7.11 Å². The normalized spacial score (nSPS) is 11.0. The van der Waals surface area contributed by atoms with Crippen LogP contribution in [0.5, 0.6) is 0 Å². The van der Waals surface area contributed by atoms with Gasteiger partial charge in [0.2, 0.25) is 0 Å². The quantitative estimate of drug-likeness (QED) is 0.370. The van der Waals surface area contributed by atoms with Gasteiger partial charge in [-0.1, -0.05) is 0 Å². The molecule has 0 aromatic heterocycles. The van der Waals surface area contributed by atoms with Crippen LogP contribution in [0.1, 0.15) is 5.56 Å². The van der Waals surface area contributed by atoms with E-state index in [1.165, 1.54) is 25.3 Å².